The summed E-state index contributed by atoms with van der Waals surface area (Å²) in [5, 5.41) is 20.8. The Balaban J connectivity index is 5.18. The minimum absolute atomic E-state index is 0.317. The lowest BCUT2D eigenvalue weighted by Gasteiger charge is -2.24. The average Bonchev–Trinajstić information content (AvgIpc) is 2.35. The average molecular weight is 336 g/mol. The van der Waals surface area contributed by atoms with E-state index in [1.807, 2.05) is 0 Å². The fourth-order valence-electron chi connectivity index (χ4n) is 1.74. The van der Waals surface area contributed by atoms with E-state index >= 15 is 0 Å². The summed E-state index contributed by atoms with van der Waals surface area (Å²) >= 11 is 0. The first-order valence-corrected chi connectivity index (χ1v) is 8.47. The Morgan fingerprint density at radius 2 is 1.73 bits per heavy atom. The summed E-state index contributed by atoms with van der Waals surface area (Å²) < 4.78 is 0. The van der Waals surface area contributed by atoms with Crippen LogP contribution >= 0.6 is 7.72 Å². The van der Waals surface area contributed by atoms with Crippen LogP contribution in [0.5, 0.6) is 0 Å². The lowest BCUT2D eigenvalue weighted by Crippen LogP contribution is -2.50. The van der Waals surface area contributed by atoms with Crippen LogP contribution in [-0.2, 0) is 14.4 Å². The summed E-state index contributed by atoms with van der Waals surface area (Å²) in [6, 6.07) is -0.898. The van der Waals surface area contributed by atoms with Crippen LogP contribution in [-0.4, -0.2) is 50.0 Å². The van der Waals surface area contributed by atoms with Crippen molar-refractivity contribution >= 4 is 31.0 Å². The molecule has 9 nitrogen and oxygen atoms in total. The second kappa shape index (κ2) is 8.77. The van der Waals surface area contributed by atoms with Gasteiger partial charge in [-0.25, -0.2) is 9.79 Å². The molecule has 0 aromatic carbocycles. The van der Waals surface area contributed by atoms with Gasteiger partial charge in [0, 0.05) is 13.8 Å². The number of carboxylic acid groups (broad SMARTS) is 1. The maximum Gasteiger partial charge on any atom is 0.337 e. The van der Waals surface area contributed by atoms with Crippen molar-refractivity contribution in [3.8, 4) is 0 Å². The summed E-state index contributed by atoms with van der Waals surface area (Å²) in [5.74, 6) is -3.98. The molecule has 126 valence electrons. The first-order chi connectivity index (χ1) is 10.0. The summed E-state index contributed by atoms with van der Waals surface area (Å²) in [6.07, 6.45) is 0.169. The molecular weight excluding hydrogens is 313 g/mol. The highest BCUT2D eigenvalue weighted by molar-refractivity contribution is 7.81. The Kier molecular flexibility index (Phi) is 8.15. The molecule has 0 aromatic heterocycles. The van der Waals surface area contributed by atoms with Crippen molar-refractivity contribution in [2.75, 3.05) is 0 Å². The van der Waals surface area contributed by atoms with E-state index in [4.69, 9.17) is 10.5 Å². The highest BCUT2D eigenvalue weighted by Crippen LogP contribution is 2.55. The van der Waals surface area contributed by atoms with Crippen molar-refractivity contribution in [2.45, 2.75) is 51.9 Å². The van der Waals surface area contributed by atoms with Gasteiger partial charge in [-0.2, -0.15) is 0 Å². The SMILES string of the molecule is CCC[C@H](NC(C)=O)C(=O)NC(CC(=O)O)[P+](O)(O)C(C)=N. The van der Waals surface area contributed by atoms with Gasteiger partial charge in [0.2, 0.25) is 23.1 Å². The zero-order chi connectivity index (χ0) is 17.5. The predicted molar refractivity (Wildman–Crippen MR) is 81.5 cm³/mol. The maximum absolute atomic E-state index is 12.1. The van der Waals surface area contributed by atoms with Crippen LogP contribution in [0.25, 0.3) is 0 Å². The molecule has 0 fully saturated rings. The van der Waals surface area contributed by atoms with Gasteiger partial charge in [-0.05, 0) is 6.42 Å². The molecule has 0 aliphatic rings. The van der Waals surface area contributed by atoms with Crippen molar-refractivity contribution in [2.24, 2.45) is 0 Å². The molecule has 0 heterocycles. The molecule has 0 radical (unpaired) electrons. The number of carbonyl (C=O) groups excluding carboxylic acids is 2. The summed E-state index contributed by atoms with van der Waals surface area (Å²) in [6.45, 7) is 4.17. The molecule has 0 aliphatic carbocycles. The van der Waals surface area contributed by atoms with E-state index in [1.54, 1.807) is 6.92 Å². The fourth-order valence-corrected chi connectivity index (χ4v) is 2.92. The number of carboxylic acids is 1. The van der Waals surface area contributed by atoms with E-state index in [2.05, 4.69) is 10.6 Å². The third kappa shape index (κ3) is 6.46. The molecule has 22 heavy (non-hydrogen) atoms. The van der Waals surface area contributed by atoms with Crippen LogP contribution in [0.2, 0.25) is 0 Å². The second-order valence-corrected chi connectivity index (χ2v) is 7.49. The normalized spacial score (nSPS) is 13.9. The van der Waals surface area contributed by atoms with E-state index in [0.717, 1.165) is 6.92 Å². The van der Waals surface area contributed by atoms with Crippen LogP contribution in [0.3, 0.4) is 0 Å². The van der Waals surface area contributed by atoms with Crippen LogP contribution in [0.1, 0.15) is 40.0 Å². The lowest BCUT2D eigenvalue weighted by atomic mass is 10.1. The number of rotatable bonds is 9. The number of amides is 2. The van der Waals surface area contributed by atoms with E-state index in [1.165, 1.54) is 6.92 Å². The molecule has 0 aliphatic heterocycles. The second-order valence-electron chi connectivity index (χ2n) is 4.90. The van der Waals surface area contributed by atoms with Crippen LogP contribution in [0.4, 0.5) is 0 Å². The van der Waals surface area contributed by atoms with Gasteiger partial charge in [0.05, 0.1) is 0 Å². The molecule has 0 bridgehead atoms. The molecule has 2 atom stereocenters. The molecule has 10 heteroatoms. The minimum atomic E-state index is -4.07. The highest BCUT2D eigenvalue weighted by atomic mass is 31.2. The Bertz CT molecular complexity index is 454. The third-order valence-electron chi connectivity index (χ3n) is 2.88. The number of aliphatic carboxylic acids is 1. The monoisotopic (exact) mass is 336 g/mol. The number of nitrogens with one attached hydrogen (secondary N) is 3. The van der Waals surface area contributed by atoms with Gasteiger partial charge in [0.1, 0.15) is 12.5 Å². The number of hydrogen-bond acceptors (Lipinski definition) is 6. The molecule has 1 unspecified atom stereocenters. The molecule has 0 saturated carbocycles. The van der Waals surface area contributed by atoms with Gasteiger partial charge >= 0.3 is 13.7 Å². The predicted octanol–water partition coefficient (Wildman–Crippen LogP) is 0.0376. The summed E-state index contributed by atoms with van der Waals surface area (Å²) in [7, 11) is -4.07. The molecule has 0 rings (SSSR count). The molecule has 6 N–H and O–H groups in total. The Morgan fingerprint density at radius 3 is 2.09 bits per heavy atom. The quantitative estimate of drug-likeness (QED) is 0.257. The topological polar surface area (TPSA) is 160 Å². The van der Waals surface area contributed by atoms with E-state index in [0.29, 0.717) is 12.8 Å². The molecular formula is C12H23N3O6P+. The van der Waals surface area contributed by atoms with Crippen molar-refractivity contribution in [3.05, 3.63) is 0 Å². The van der Waals surface area contributed by atoms with Crippen LogP contribution < -0.4 is 10.6 Å². The lowest BCUT2D eigenvalue weighted by molar-refractivity contribution is -0.137. The van der Waals surface area contributed by atoms with Gasteiger partial charge in [0.15, 0.2) is 0 Å². The summed E-state index contributed by atoms with van der Waals surface area (Å²) in [5.41, 5.74) is -0.495. The van der Waals surface area contributed by atoms with Crippen LogP contribution in [0.15, 0.2) is 0 Å². The third-order valence-corrected chi connectivity index (χ3v) is 5.04. The van der Waals surface area contributed by atoms with E-state index in [-0.39, 0.29) is 0 Å². The highest BCUT2D eigenvalue weighted by Gasteiger charge is 2.49. The zero-order valence-electron chi connectivity index (χ0n) is 12.8. The van der Waals surface area contributed by atoms with Crippen molar-refractivity contribution in [1.82, 2.24) is 10.6 Å². The Hall–Kier alpha value is -1.57. The summed E-state index contributed by atoms with van der Waals surface area (Å²) in [4.78, 5) is 53.9. The fraction of sp³-hybridized carbons (Fsp3) is 0.667. The number of hydrogen-bond donors (Lipinski definition) is 6. The van der Waals surface area contributed by atoms with Crippen LogP contribution in [0, 0.1) is 5.41 Å². The first kappa shape index (κ1) is 20.4. The van der Waals surface area contributed by atoms with Gasteiger partial charge in [0.25, 0.3) is 0 Å². The Morgan fingerprint density at radius 1 is 1.18 bits per heavy atom. The van der Waals surface area contributed by atoms with E-state index < -0.39 is 49.2 Å². The largest absolute Gasteiger partial charge is 0.481 e. The molecule has 0 aromatic rings. The first-order valence-electron chi connectivity index (χ1n) is 6.71. The number of carbonyl (C=O) groups is 3. The van der Waals surface area contributed by atoms with Gasteiger partial charge in [-0.3, -0.25) is 19.8 Å². The van der Waals surface area contributed by atoms with Gasteiger partial charge < -0.3 is 15.7 Å². The smallest absolute Gasteiger partial charge is 0.337 e. The van der Waals surface area contributed by atoms with Crippen molar-refractivity contribution in [3.63, 3.8) is 0 Å². The zero-order valence-corrected chi connectivity index (χ0v) is 13.7. The van der Waals surface area contributed by atoms with Gasteiger partial charge in [-0.15, -0.1) is 0 Å². The van der Waals surface area contributed by atoms with Crippen molar-refractivity contribution in [1.29, 1.82) is 5.41 Å². The maximum atomic E-state index is 12.1. The Labute approximate surface area is 129 Å². The molecule has 2 amide bonds. The minimum Gasteiger partial charge on any atom is -0.481 e. The van der Waals surface area contributed by atoms with Gasteiger partial charge in [-0.1, -0.05) is 13.3 Å². The molecule has 0 spiro atoms. The molecule has 0 saturated heterocycles. The standard InChI is InChI=1S/C12H22N3O6P/c1-4-5-9(14-8(3)16)12(19)15-10(6-11(17)18)22(20,21)7(2)13/h9-10,13,20-21H,4-6H2,1-3H3,(H2-,14,15,16,17,18,19)/p+1/t9-,10?/m0/s1. The van der Waals surface area contributed by atoms with Crippen molar-refractivity contribution < 1.29 is 29.3 Å². The van der Waals surface area contributed by atoms with E-state index in [9.17, 15) is 24.2 Å².